The van der Waals surface area contributed by atoms with E-state index in [4.69, 9.17) is 16.2 Å². The van der Waals surface area contributed by atoms with Crippen LogP contribution in [0.25, 0.3) is 10.1 Å². The average Bonchev–Trinajstić information content (AvgIpc) is 2.43. The van der Waals surface area contributed by atoms with Crippen LogP contribution in [0.5, 0.6) is 5.75 Å². The maximum absolute atomic E-state index is 5.70. The first-order valence-corrected chi connectivity index (χ1v) is 4.65. The molecule has 68 valence electrons. The van der Waals surface area contributed by atoms with E-state index in [0.717, 1.165) is 20.8 Å². The van der Waals surface area contributed by atoms with Crippen molar-refractivity contribution in [2.24, 2.45) is 0 Å². The Morgan fingerprint density at radius 2 is 2.00 bits per heavy atom. The van der Waals surface area contributed by atoms with E-state index in [2.05, 4.69) is 0 Å². The van der Waals surface area contributed by atoms with Crippen molar-refractivity contribution in [3.63, 3.8) is 0 Å². The summed E-state index contributed by atoms with van der Waals surface area (Å²) < 4.78 is 6.26. The Balaban J connectivity index is 2.80. The molecule has 0 aliphatic rings. The third-order valence-corrected chi connectivity index (χ3v) is 2.77. The van der Waals surface area contributed by atoms with Crippen molar-refractivity contribution in [3.05, 3.63) is 18.2 Å². The summed E-state index contributed by atoms with van der Waals surface area (Å²) >= 11 is 1.51. The molecule has 0 bridgehead atoms. The summed E-state index contributed by atoms with van der Waals surface area (Å²) in [5.41, 5.74) is 12.1. The number of nitrogen functional groups attached to an aromatic ring is 2. The molecule has 0 saturated carbocycles. The molecule has 0 spiro atoms. The van der Waals surface area contributed by atoms with Crippen LogP contribution in [0.4, 0.5) is 10.7 Å². The molecule has 4 heteroatoms. The number of hydrogen-bond acceptors (Lipinski definition) is 4. The second kappa shape index (κ2) is 2.81. The Morgan fingerprint density at radius 1 is 1.23 bits per heavy atom. The second-order valence-corrected chi connectivity index (χ2v) is 3.90. The quantitative estimate of drug-likeness (QED) is 0.683. The lowest BCUT2D eigenvalue weighted by molar-refractivity contribution is 0.420. The zero-order valence-corrected chi connectivity index (χ0v) is 8.02. The van der Waals surface area contributed by atoms with Crippen molar-refractivity contribution in [1.82, 2.24) is 0 Å². The fourth-order valence-electron chi connectivity index (χ4n) is 1.32. The van der Waals surface area contributed by atoms with Gasteiger partial charge in [-0.15, -0.1) is 11.3 Å². The minimum atomic E-state index is 0.700. The molecule has 13 heavy (non-hydrogen) atoms. The van der Waals surface area contributed by atoms with Gasteiger partial charge in [-0.25, -0.2) is 0 Å². The average molecular weight is 194 g/mol. The van der Waals surface area contributed by atoms with E-state index >= 15 is 0 Å². The van der Waals surface area contributed by atoms with E-state index < -0.39 is 0 Å². The SMILES string of the molecule is COc1cc(N)cc2sc(N)cc12. The van der Waals surface area contributed by atoms with Crippen LogP contribution in [0.1, 0.15) is 0 Å². The van der Waals surface area contributed by atoms with Crippen LogP contribution in [-0.2, 0) is 0 Å². The topological polar surface area (TPSA) is 61.3 Å². The van der Waals surface area contributed by atoms with Crippen LogP contribution in [0, 0.1) is 0 Å². The van der Waals surface area contributed by atoms with Gasteiger partial charge in [0, 0.05) is 21.8 Å². The molecular weight excluding hydrogens is 184 g/mol. The molecule has 2 aromatic rings. The molecule has 0 aliphatic heterocycles. The molecular formula is C9H10N2OS. The number of anilines is 2. The lowest BCUT2D eigenvalue weighted by Crippen LogP contribution is -1.87. The van der Waals surface area contributed by atoms with Crippen LogP contribution < -0.4 is 16.2 Å². The summed E-state index contributed by atoms with van der Waals surface area (Å²) in [5.74, 6) is 0.781. The first-order chi connectivity index (χ1) is 6.20. The van der Waals surface area contributed by atoms with Gasteiger partial charge in [-0.3, -0.25) is 0 Å². The molecule has 0 saturated heterocycles. The maximum atomic E-state index is 5.70. The summed E-state index contributed by atoms with van der Waals surface area (Å²) in [7, 11) is 1.63. The Bertz CT molecular complexity index is 450. The summed E-state index contributed by atoms with van der Waals surface area (Å²) in [6, 6.07) is 5.60. The molecule has 4 N–H and O–H groups in total. The van der Waals surface area contributed by atoms with Gasteiger partial charge in [-0.2, -0.15) is 0 Å². The van der Waals surface area contributed by atoms with E-state index in [1.54, 1.807) is 13.2 Å². The second-order valence-electron chi connectivity index (χ2n) is 2.78. The molecule has 0 unspecified atom stereocenters. The standard InChI is InChI=1S/C9H10N2OS/c1-12-7-2-5(10)3-8-6(7)4-9(11)13-8/h2-4H,10-11H2,1H3. The molecule has 1 heterocycles. The number of thiophene rings is 1. The molecule has 1 aromatic heterocycles. The minimum Gasteiger partial charge on any atom is -0.496 e. The van der Waals surface area contributed by atoms with E-state index in [0.29, 0.717) is 5.69 Å². The highest BCUT2D eigenvalue weighted by atomic mass is 32.1. The lowest BCUT2D eigenvalue weighted by Gasteiger charge is -2.02. The number of hydrogen-bond donors (Lipinski definition) is 2. The van der Waals surface area contributed by atoms with Gasteiger partial charge in [0.05, 0.1) is 12.1 Å². The van der Waals surface area contributed by atoms with Crippen LogP contribution in [-0.4, -0.2) is 7.11 Å². The normalized spacial score (nSPS) is 10.5. The third kappa shape index (κ3) is 1.29. The first-order valence-electron chi connectivity index (χ1n) is 3.83. The highest BCUT2D eigenvalue weighted by molar-refractivity contribution is 7.22. The Morgan fingerprint density at radius 3 is 2.69 bits per heavy atom. The van der Waals surface area contributed by atoms with Gasteiger partial charge < -0.3 is 16.2 Å². The van der Waals surface area contributed by atoms with Gasteiger partial charge in [0.25, 0.3) is 0 Å². The van der Waals surface area contributed by atoms with Gasteiger partial charge in [-0.05, 0) is 12.1 Å². The first kappa shape index (κ1) is 8.19. The molecule has 3 nitrogen and oxygen atoms in total. The minimum absolute atomic E-state index is 0.700. The van der Waals surface area contributed by atoms with E-state index in [1.165, 1.54) is 11.3 Å². The largest absolute Gasteiger partial charge is 0.496 e. The smallest absolute Gasteiger partial charge is 0.129 e. The van der Waals surface area contributed by atoms with Crippen molar-refractivity contribution < 1.29 is 4.74 Å². The molecule has 2 rings (SSSR count). The molecule has 1 aromatic carbocycles. The van der Waals surface area contributed by atoms with E-state index in [-0.39, 0.29) is 0 Å². The van der Waals surface area contributed by atoms with Gasteiger partial charge in [-0.1, -0.05) is 0 Å². The van der Waals surface area contributed by atoms with Crippen LogP contribution >= 0.6 is 11.3 Å². The Labute approximate surface area is 79.9 Å². The Hall–Kier alpha value is -1.42. The van der Waals surface area contributed by atoms with Crippen LogP contribution in [0.3, 0.4) is 0 Å². The van der Waals surface area contributed by atoms with E-state index in [9.17, 15) is 0 Å². The van der Waals surface area contributed by atoms with Crippen molar-refractivity contribution in [1.29, 1.82) is 0 Å². The number of fused-ring (bicyclic) bond motifs is 1. The van der Waals surface area contributed by atoms with Gasteiger partial charge in [0.15, 0.2) is 0 Å². The number of ether oxygens (including phenoxy) is 1. The predicted molar refractivity (Wildman–Crippen MR) is 57.2 cm³/mol. The fraction of sp³-hybridized carbons (Fsp3) is 0.111. The molecule has 0 atom stereocenters. The van der Waals surface area contributed by atoms with Crippen LogP contribution in [0.2, 0.25) is 0 Å². The van der Waals surface area contributed by atoms with Crippen molar-refractivity contribution in [2.75, 3.05) is 18.6 Å². The number of nitrogens with two attached hydrogens (primary N) is 2. The van der Waals surface area contributed by atoms with Crippen molar-refractivity contribution in [2.45, 2.75) is 0 Å². The summed E-state index contributed by atoms with van der Waals surface area (Å²) in [6.07, 6.45) is 0. The van der Waals surface area contributed by atoms with Gasteiger partial charge >= 0.3 is 0 Å². The van der Waals surface area contributed by atoms with E-state index in [1.807, 2.05) is 12.1 Å². The number of methoxy groups -OCH3 is 1. The molecule has 0 fully saturated rings. The molecule has 0 aliphatic carbocycles. The highest BCUT2D eigenvalue weighted by Crippen LogP contribution is 2.35. The molecule has 0 amide bonds. The van der Waals surface area contributed by atoms with Crippen molar-refractivity contribution in [3.8, 4) is 5.75 Å². The maximum Gasteiger partial charge on any atom is 0.129 e. The highest BCUT2D eigenvalue weighted by Gasteiger charge is 2.05. The summed E-state index contributed by atoms with van der Waals surface area (Å²) in [5, 5.41) is 1.80. The van der Waals surface area contributed by atoms with Gasteiger partial charge in [0.1, 0.15) is 5.75 Å². The predicted octanol–water partition coefficient (Wildman–Crippen LogP) is 2.07. The molecule has 0 radical (unpaired) electrons. The number of rotatable bonds is 1. The number of benzene rings is 1. The zero-order chi connectivity index (χ0) is 9.42. The third-order valence-electron chi connectivity index (χ3n) is 1.86. The monoisotopic (exact) mass is 194 g/mol. The summed E-state index contributed by atoms with van der Waals surface area (Å²) in [4.78, 5) is 0. The van der Waals surface area contributed by atoms with Gasteiger partial charge in [0.2, 0.25) is 0 Å². The Kier molecular flexibility index (Phi) is 1.77. The van der Waals surface area contributed by atoms with Crippen LogP contribution in [0.15, 0.2) is 18.2 Å². The summed E-state index contributed by atoms with van der Waals surface area (Å²) in [6.45, 7) is 0. The lowest BCUT2D eigenvalue weighted by atomic mass is 10.2. The van der Waals surface area contributed by atoms with Crippen molar-refractivity contribution >= 4 is 32.1 Å². The fourth-order valence-corrected chi connectivity index (χ4v) is 2.21. The zero-order valence-electron chi connectivity index (χ0n) is 7.20.